The third-order valence-electron chi connectivity index (χ3n) is 8.47. The molecule has 0 saturated carbocycles. The highest BCUT2D eigenvalue weighted by Gasteiger charge is 2.40. The first-order valence-electron chi connectivity index (χ1n) is 16.2. The minimum Gasteiger partial charge on any atom is -0.492 e. The second kappa shape index (κ2) is 16.5. The van der Waals surface area contributed by atoms with Gasteiger partial charge in [-0.3, -0.25) is 9.69 Å². The van der Waals surface area contributed by atoms with Crippen molar-refractivity contribution in [2.24, 2.45) is 0 Å². The van der Waals surface area contributed by atoms with Gasteiger partial charge in [-0.05, 0) is 60.7 Å². The predicted molar refractivity (Wildman–Crippen MR) is 185 cm³/mol. The normalized spacial score (nSPS) is 15.6. The zero-order chi connectivity index (χ0) is 33.9. The first kappa shape index (κ1) is 34.8. The van der Waals surface area contributed by atoms with Gasteiger partial charge < -0.3 is 14.8 Å². The second-order valence-corrected chi connectivity index (χ2v) is 13.9. The van der Waals surface area contributed by atoms with Crippen molar-refractivity contribution in [3.63, 3.8) is 0 Å². The lowest BCUT2D eigenvalue weighted by molar-refractivity contribution is -0.145. The number of ether oxygens (including phenoxy) is 2. The van der Waals surface area contributed by atoms with Crippen LogP contribution in [0.4, 0.5) is 0 Å². The highest BCUT2D eigenvalue weighted by Crippen LogP contribution is 2.27. The van der Waals surface area contributed by atoms with Gasteiger partial charge in [0.2, 0.25) is 15.9 Å². The Balaban J connectivity index is 1.18. The summed E-state index contributed by atoms with van der Waals surface area (Å²) in [4.78, 5) is 28.6. The van der Waals surface area contributed by atoms with Gasteiger partial charge in [0, 0.05) is 32.6 Å². The van der Waals surface area contributed by atoms with Crippen LogP contribution in [0.1, 0.15) is 35.1 Å². The number of sulfonamides is 1. The molecule has 9 nitrogen and oxygen atoms in total. The summed E-state index contributed by atoms with van der Waals surface area (Å²) in [6, 6.07) is 32.8. The van der Waals surface area contributed by atoms with Crippen molar-refractivity contribution in [2.45, 2.75) is 56.3 Å². The average Bonchev–Trinajstić information content (AvgIpc) is 3.61. The summed E-state index contributed by atoms with van der Waals surface area (Å²) in [5.41, 5.74) is 4.20. The average molecular weight is 670 g/mol. The second-order valence-electron chi connectivity index (χ2n) is 12.0. The van der Waals surface area contributed by atoms with Crippen LogP contribution in [-0.2, 0) is 43.9 Å². The Hall–Kier alpha value is -4.51. The number of benzene rings is 4. The number of amides is 1. The molecule has 0 radical (unpaired) electrons. The zero-order valence-corrected chi connectivity index (χ0v) is 28.3. The standard InChI is InChI=1S/C38H43N3O6S/c1-29-15-21-34(22-16-29)48(44,45)41-23-9-14-36(41)37(42)39-35(38(43)46-2)26-30-17-19-33(20-18-30)47-25-24-40(27-31-10-5-3-6-11-31)28-32-12-7-4-8-13-32/h3-8,10-13,15-22,35-36H,9,14,23-28H2,1-2H3,(H,39,42)/t35-,36-/m0/s1. The summed E-state index contributed by atoms with van der Waals surface area (Å²) in [5, 5.41) is 2.77. The molecular weight excluding hydrogens is 627 g/mol. The van der Waals surface area contributed by atoms with Crippen LogP contribution in [0.3, 0.4) is 0 Å². The third-order valence-corrected chi connectivity index (χ3v) is 10.4. The molecule has 0 bridgehead atoms. The van der Waals surface area contributed by atoms with Crippen molar-refractivity contribution >= 4 is 21.9 Å². The Labute approximate surface area is 283 Å². The molecule has 1 fully saturated rings. The fraction of sp³-hybridized carbons (Fsp3) is 0.316. The molecule has 1 saturated heterocycles. The number of hydrogen-bond donors (Lipinski definition) is 1. The van der Waals surface area contributed by atoms with Gasteiger partial charge in [0.25, 0.3) is 0 Å². The molecule has 1 aliphatic rings. The van der Waals surface area contributed by atoms with E-state index in [9.17, 15) is 18.0 Å². The molecule has 0 aromatic heterocycles. The number of hydrogen-bond acceptors (Lipinski definition) is 7. The van der Waals surface area contributed by atoms with Gasteiger partial charge in [-0.2, -0.15) is 4.31 Å². The summed E-state index contributed by atoms with van der Waals surface area (Å²) < 4.78 is 39.1. The minimum atomic E-state index is -3.88. The quantitative estimate of drug-likeness (QED) is 0.175. The number of carbonyl (C=O) groups is 2. The van der Waals surface area contributed by atoms with Gasteiger partial charge in [0.1, 0.15) is 24.4 Å². The number of aryl methyl sites for hydroxylation is 1. The molecule has 252 valence electrons. The van der Waals surface area contributed by atoms with Crippen LogP contribution in [0.15, 0.2) is 114 Å². The van der Waals surface area contributed by atoms with Gasteiger partial charge in [0.05, 0.1) is 12.0 Å². The monoisotopic (exact) mass is 669 g/mol. The SMILES string of the molecule is COC(=O)[C@H](Cc1ccc(OCCN(Cc2ccccc2)Cc2ccccc2)cc1)NC(=O)[C@@H]1CCCN1S(=O)(=O)c1ccc(C)cc1. The number of carbonyl (C=O) groups excluding carboxylic acids is 2. The molecule has 1 N–H and O–H groups in total. The Bertz CT molecular complexity index is 1690. The maximum absolute atomic E-state index is 13.4. The largest absolute Gasteiger partial charge is 0.492 e. The van der Waals surface area contributed by atoms with Crippen LogP contribution in [0.5, 0.6) is 5.75 Å². The van der Waals surface area contributed by atoms with Crippen LogP contribution in [0, 0.1) is 6.92 Å². The fourth-order valence-corrected chi connectivity index (χ4v) is 7.54. The van der Waals surface area contributed by atoms with Crippen LogP contribution < -0.4 is 10.1 Å². The lowest BCUT2D eigenvalue weighted by atomic mass is 10.0. The number of esters is 1. The molecule has 5 rings (SSSR count). The lowest BCUT2D eigenvalue weighted by Crippen LogP contribution is -2.51. The summed E-state index contributed by atoms with van der Waals surface area (Å²) in [6.45, 7) is 4.92. The summed E-state index contributed by atoms with van der Waals surface area (Å²) in [6.07, 6.45) is 1.09. The number of methoxy groups -OCH3 is 1. The minimum absolute atomic E-state index is 0.139. The van der Waals surface area contributed by atoms with E-state index in [1.54, 1.807) is 24.3 Å². The van der Waals surface area contributed by atoms with E-state index in [-0.39, 0.29) is 17.9 Å². The maximum Gasteiger partial charge on any atom is 0.328 e. The molecule has 4 aromatic rings. The van der Waals surface area contributed by atoms with Crippen LogP contribution in [0.25, 0.3) is 0 Å². The van der Waals surface area contributed by atoms with E-state index in [0.29, 0.717) is 25.2 Å². The van der Waals surface area contributed by atoms with Gasteiger partial charge >= 0.3 is 5.97 Å². The van der Waals surface area contributed by atoms with Crippen molar-refractivity contribution in [1.29, 1.82) is 0 Å². The smallest absolute Gasteiger partial charge is 0.328 e. The van der Waals surface area contributed by atoms with Crippen molar-refractivity contribution in [3.8, 4) is 5.75 Å². The van der Waals surface area contributed by atoms with E-state index in [2.05, 4.69) is 34.5 Å². The molecular formula is C38H43N3O6S. The Kier molecular flexibility index (Phi) is 12.0. The number of rotatable bonds is 15. The maximum atomic E-state index is 13.4. The topological polar surface area (TPSA) is 105 Å². The number of nitrogens with zero attached hydrogens (tertiary/aromatic N) is 2. The first-order chi connectivity index (χ1) is 23.2. The Morgan fingerprint density at radius 3 is 2.04 bits per heavy atom. The first-order valence-corrected chi connectivity index (χ1v) is 17.7. The van der Waals surface area contributed by atoms with Crippen LogP contribution >= 0.6 is 0 Å². The third kappa shape index (κ3) is 9.31. The predicted octanol–water partition coefficient (Wildman–Crippen LogP) is 5.13. The molecule has 0 spiro atoms. The Morgan fingerprint density at radius 2 is 1.46 bits per heavy atom. The van der Waals surface area contributed by atoms with Crippen LogP contribution in [0.2, 0.25) is 0 Å². The highest BCUT2D eigenvalue weighted by molar-refractivity contribution is 7.89. The van der Waals surface area contributed by atoms with E-state index in [4.69, 9.17) is 9.47 Å². The van der Waals surface area contributed by atoms with E-state index < -0.39 is 34.0 Å². The Morgan fingerprint density at radius 1 is 0.854 bits per heavy atom. The number of nitrogens with one attached hydrogen (secondary N) is 1. The molecule has 4 aromatic carbocycles. The van der Waals surface area contributed by atoms with Crippen molar-refractivity contribution < 1.29 is 27.5 Å². The lowest BCUT2D eigenvalue weighted by Gasteiger charge is -2.25. The summed E-state index contributed by atoms with van der Waals surface area (Å²) >= 11 is 0. The molecule has 10 heteroatoms. The molecule has 0 aliphatic carbocycles. The summed E-state index contributed by atoms with van der Waals surface area (Å²) in [5.74, 6) is -0.430. The molecule has 48 heavy (non-hydrogen) atoms. The van der Waals surface area contributed by atoms with Gasteiger partial charge in [-0.15, -0.1) is 0 Å². The zero-order valence-electron chi connectivity index (χ0n) is 27.5. The van der Waals surface area contributed by atoms with E-state index in [0.717, 1.165) is 30.8 Å². The van der Waals surface area contributed by atoms with Crippen LogP contribution in [-0.4, -0.2) is 68.4 Å². The highest BCUT2D eigenvalue weighted by atomic mass is 32.2. The van der Waals surface area contributed by atoms with Gasteiger partial charge in [-0.1, -0.05) is 90.5 Å². The van der Waals surface area contributed by atoms with E-state index in [1.165, 1.54) is 22.5 Å². The van der Waals surface area contributed by atoms with E-state index >= 15 is 0 Å². The van der Waals surface area contributed by atoms with Crippen molar-refractivity contribution in [2.75, 3.05) is 26.8 Å². The molecule has 1 heterocycles. The van der Waals surface area contributed by atoms with E-state index in [1.807, 2.05) is 67.6 Å². The molecule has 0 unspecified atom stereocenters. The summed E-state index contributed by atoms with van der Waals surface area (Å²) in [7, 11) is -2.62. The fourth-order valence-electron chi connectivity index (χ4n) is 5.89. The van der Waals surface area contributed by atoms with Crippen molar-refractivity contribution in [3.05, 3.63) is 131 Å². The van der Waals surface area contributed by atoms with Crippen molar-refractivity contribution in [1.82, 2.24) is 14.5 Å². The van der Waals surface area contributed by atoms with Gasteiger partial charge in [-0.25, -0.2) is 13.2 Å². The van der Waals surface area contributed by atoms with Gasteiger partial charge in [0.15, 0.2) is 0 Å². The molecule has 2 atom stereocenters. The molecule has 1 aliphatic heterocycles. The molecule has 1 amide bonds.